The van der Waals surface area contributed by atoms with E-state index >= 15 is 0 Å². The molecule has 2 heterocycles. The molecule has 0 aliphatic heterocycles. The first-order chi connectivity index (χ1) is 8.79. The molecule has 3 aromatic rings. The van der Waals surface area contributed by atoms with E-state index in [1.54, 1.807) is 6.33 Å². The molecule has 0 unspecified atom stereocenters. The molecule has 0 aliphatic carbocycles. The molecule has 3 rings (SSSR count). The number of benzene rings is 1. The second-order valence-electron chi connectivity index (χ2n) is 3.97. The van der Waals surface area contributed by atoms with Gasteiger partial charge in [-0.2, -0.15) is 0 Å². The Morgan fingerprint density at radius 2 is 2.11 bits per heavy atom. The van der Waals surface area contributed by atoms with Crippen molar-refractivity contribution in [2.75, 3.05) is 12.4 Å². The summed E-state index contributed by atoms with van der Waals surface area (Å²) in [6.07, 6.45) is 3.22. The van der Waals surface area contributed by atoms with Crippen molar-refractivity contribution < 1.29 is 0 Å². The van der Waals surface area contributed by atoms with Gasteiger partial charge in [-0.1, -0.05) is 6.07 Å². The number of aromatic nitrogens is 5. The molecular weight excluding hydrogens is 228 g/mol. The van der Waals surface area contributed by atoms with Gasteiger partial charge in [-0.3, -0.25) is 0 Å². The normalized spacial score (nSPS) is 10.8. The zero-order valence-electron chi connectivity index (χ0n) is 10.1. The van der Waals surface area contributed by atoms with Crippen molar-refractivity contribution in [3.05, 3.63) is 30.9 Å². The van der Waals surface area contributed by atoms with Crippen LogP contribution in [-0.4, -0.2) is 31.8 Å². The molecule has 18 heavy (non-hydrogen) atoms. The lowest BCUT2D eigenvalue weighted by Crippen LogP contribution is -1.99. The molecule has 0 saturated heterocycles. The molecule has 6 heteroatoms. The fourth-order valence-electron chi connectivity index (χ4n) is 1.94. The van der Waals surface area contributed by atoms with E-state index in [2.05, 4.69) is 25.5 Å². The third kappa shape index (κ3) is 1.58. The molecule has 0 spiro atoms. The van der Waals surface area contributed by atoms with Crippen LogP contribution in [0.3, 0.4) is 0 Å². The van der Waals surface area contributed by atoms with Crippen molar-refractivity contribution in [2.24, 2.45) is 7.05 Å². The Hall–Kier alpha value is -2.50. The minimum atomic E-state index is 0.709. The van der Waals surface area contributed by atoms with Crippen LogP contribution >= 0.6 is 0 Å². The second kappa shape index (κ2) is 4.06. The van der Waals surface area contributed by atoms with Crippen molar-refractivity contribution >= 4 is 16.9 Å². The minimum Gasteiger partial charge on any atom is -0.371 e. The summed E-state index contributed by atoms with van der Waals surface area (Å²) in [5.74, 6) is 0.709. The lowest BCUT2D eigenvalue weighted by molar-refractivity contribution is 0.947. The van der Waals surface area contributed by atoms with E-state index in [0.717, 1.165) is 22.3 Å². The molecule has 0 fully saturated rings. The van der Waals surface area contributed by atoms with E-state index in [0.29, 0.717) is 5.82 Å². The van der Waals surface area contributed by atoms with Crippen molar-refractivity contribution in [3.63, 3.8) is 0 Å². The van der Waals surface area contributed by atoms with Gasteiger partial charge in [0.25, 0.3) is 0 Å². The molecule has 0 amide bonds. The fourth-order valence-corrected chi connectivity index (χ4v) is 1.94. The first kappa shape index (κ1) is 10.6. The molecule has 0 saturated carbocycles. The van der Waals surface area contributed by atoms with Gasteiger partial charge in [0, 0.05) is 19.7 Å². The third-order valence-corrected chi connectivity index (χ3v) is 2.86. The topological polar surface area (TPSA) is 68.5 Å². The van der Waals surface area contributed by atoms with E-state index in [-0.39, 0.29) is 0 Å². The lowest BCUT2D eigenvalue weighted by atomic mass is 10.1. The summed E-state index contributed by atoms with van der Waals surface area (Å²) in [6.45, 7) is 0. The van der Waals surface area contributed by atoms with Crippen LogP contribution in [0.1, 0.15) is 0 Å². The highest BCUT2D eigenvalue weighted by Gasteiger charge is 2.09. The SMILES string of the molecule is CNc1ncnnc1-c1ccc2c(c1)ncn2C. The van der Waals surface area contributed by atoms with Gasteiger partial charge in [-0.05, 0) is 12.1 Å². The molecule has 2 aromatic heterocycles. The number of imidazole rings is 1. The number of nitrogens with one attached hydrogen (secondary N) is 1. The van der Waals surface area contributed by atoms with E-state index in [1.165, 1.54) is 6.33 Å². The quantitative estimate of drug-likeness (QED) is 0.734. The summed E-state index contributed by atoms with van der Waals surface area (Å²) in [5, 5.41) is 11.0. The molecule has 0 bridgehead atoms. The van der Waals surface area contributed by atoms with Gasteiger partial charge in [0.05, 0.1) is 17.4 Å². The maximum Gasteiger partial charge on any atom is 0.156 e. The molecule has 1 aromatic carbocycles. The zero-order valence-corrected chi connectivity index (χ0v) is 10.1. The smallest absolute Gasteiger partial charge is 0.156 e. The van der Waals surface area contributed by atoms with Gasteiger partial charge in [0.2, 0.25) is 0 Å². The molecular formula is C12H12N6. The maximum atomic E-state index is 4.33. The van der Waals surface area contributed by atoms with Gasteiger partial charge in [-0.25, -0.2) is 9.97 Å². The number of anilines is 1. The molecule has 6 nitrogen and oxygen atoms in total. The summed E-state index contributed by atoms with van der Waals surface area (Å²) >= 11 is 0. The van der Waals surface area contributed by atoms with Crippen LogP contribution in [0.4, 0.5) is 5.82 Å². The van der Waals surface area contributed by atoms with Crippen LogP contribution in [0.5, 0.6) is 0 Å². The molecule has 0 radical (unpaired) electrons. The summed E-state index contributed by atoms with van der Waals surface area (Å²) in [5.41, 5.74) is 3.70. The Morgan fingerprint density at radius 1 is 1.22 bits per heavy atom. The average Bonchev–Trinajstić information content (AvgIpc) is 2.80. The average molecular weight is 240 g/mol. The number of fused-ring (bicyclic) bond motifs is 1. The second-order valence-corrected chi connectivity index (χ2v) is 3.97. The lowest BCUT2D eigenvalue weighted by Gasteiger charge is -2.05. The Labute approximate surface area is 104 Å². The van der Waals surface area contributed by atoms with Crippen LogP contribution in [0.15, 0.2) is 30.9 Å². The standard InChI is InChI=1S/C12H12N6/c1-13-12-11(17-16-6-14-12)8-3-4-10-9(5-8)15-7-18(10)2/h3-7H,1-2H3,(H,13,14,16). The number of nitrogens with zero attached hydrogens (tertiary/aromatic N) is 5. The number of hydrogen-bond acceptors (Lipinski definition) is 5. The monoisotopic (exact) mass is 240 g/mol. The van der Waals surface area contributed by atoms with E-state index in [9.17, 15) is 0 Å². The third-order valence-electron chi connectivity index (χ3n) is 2.86. The van der Waals surface area contributed by atoms with Crippen molar-refractivity contribution in [2.45, 2.75) is 0 Å². The highest BCUT2D eigenvalue weighted by atomic mass is 15.2. The first-order valence-electron chi connectivity index (χ1n) is 5.56. The van der Waals surface area contributed by atoms with Gasteiger partial charge in [-0.15, -0.1) is 10.2 Å². The Bertz CT molecular complexity index is 703. The zero-order chi connectivity index (χ0) is 12.5. The predicted molar refractivity (Wildman–Crippen MR) is 69.1 cm³/mol. The van der Waals surface area contributed by atoms with E-state index in [1.807, 2.05) is 36.9 Å². The van der Waals surface area contributed by atoms with Crippen LogP contribution < -0.4 is 5.32 Å². The Morgan fingerprint density at radius 3 is 2.94 bits per heavy atom. The molecule has 1 N–H and O–H groups in total. The Balaban J connectivity index is 2.19. The maximum absolute atomic E-state index is 4.33. The van der Waals surface area contributed by atoms with Crippen molar-refractivity contribution in [1.82, 2.24) is 24.7 Å². The van der Waals surface area contributed by atoms with Crippen LogP contribution in [0.2, 0.25) is 0 Å². The molecule has 0 atom stereocenters. The van der Waals surface area contributed by atoms with Crippen molar-refractivity contribution in [1.29, 1.82) is 0 Å². The largest absolute Gasteiger partial charge is 0.371 e. The summed E-state index contributed by atoms with van der Waals surface area (Å²) in [4.78, 5) is 8.48. The van der Waals surface area contributed by atoms with Crippen LogP contribution in [-0.2, 0) is 7.05 Å². The molecule has 0 aliphatic rings. The van der Waals surface area contributed by atoms with Gasteiger partial charge >= 0.3 is 0 Å². The molecule has 90 valence electrons. The first-order valence-corrected chi connectivity index (χ1v) is 5.56. The number of hydrogen-bond donors (Lipinski definition) is 1. The van der Waals surface area contributed by atoms with Gasteiger partial charge in [0.1, 0.15) is 12.0 Å². The minimum absolute atomic E-state index is 0.709. The van der Waals surface area contributed by atoms with E-state index in [4.69, 9.17) is 0 Å². The number of rotatable bonds is 2. The summed E-state index contributed by atoms with van der Waals surface area (Å²) in [7, 11) is 3.78. The highest BCUT2D eigenvalue weighted by Crippen LogP contribution is 2.25. The Kier molecular flexibility index (Phi) is 2.40. The summed E-state index contributed by atoms with van der Waals surface area (Å²) in [6, 6.07) is 6.00. The van der Waals surface area contributed by atoms with E-state index < -0.39 is 0 Å². The van der Waals surface area contributed by atoms with Gasteiger partial charge < -0.3 is 9.88 Å². The predicted octanol–water partition coefficient (Wildman–Crippen LogP) is 1.47. The highest BCUT2D eigenvalue weighted by molar-refractivity contribution is 5.83. The fraction of sp³-hybridized carbons (Fsp3) is 0.167. The van der Waals surface area contributed by atoms with Crippen LogP contribution in [0, 0.1) is 0 Å². The summed E-state index contributed by atoms with van der Waals surface area (Å²) < 4.78 is 1.98. The van der Waals surface area contributed by atoms with Gasteiger partial charge in [0.15, 0.2) is 5.82 Å². The van der Waals surface area contributed by atoms with Crippen LogP contribution in [0.25, 0.3) is 22.3 Å². The van der Waals surface area contributed by atoms with Crippen molar-refractivity contribution in [3.8, 4) is 11.3 Å². The number of aryl methyl sites for hydroxylation is 1.